The van der Waals surface area contributed by atoms with E-state index in [1.54, 1.807) is 58.2 Å². The van der Waals surface area contributed by atoms with Crippen LogP contribution in [0, 0.1) is 17.0 Å². The number of rotatable bonds is 7. The maximum absolute atomic E-state index is 14.2. The molecule has 11 heteroatoms. The first-order chi connectivity index (χ1) is 21.2. The molecule has 44 heavy (non-hydrogen) atoms. The van der Waals surface area contributed by atoms with Gasteiger partial charge in [0.05, 0.1) is 34.4 Å². The minimum absolute atomic E-state index is 0.00889. The van der Waals surface area contributed by atoms with Crippen molar-refractivity contribution in [2.24, 2.45) is 4.99 Å². The number of aryl methyl sites for hydroxylation is 1. The van der Waals surface area contributed by atoms with Crippen LogP contribution in [0.4, 0.5) is 5.69 Å². The summed E-state index contributed by atoms with van der Waals surface area (Å²) in [5, 5.41) is 13.2. The van der Waals surface area contributed by atoms with Gasteiger partial charge in [-0.3, -0.25) is 19.5 Å². The smallest absolute Gasteiger partial charge is 0.338 e. The Morgan fingerprint density at radius 2 is 1.93 bits per heavy atom. The minimum Gasteiger partial charge on any atom is -0.496 e. The molecule has 0 radical (unpaired) electrons. The third-order valence-corrected chi connectivity index (χ3v) is 8.51. The van der Waals surface area contributed by atoms with Gasteiger partial charge in [-0.25, -0.2) is 9.79 Å². The Balaban J connectivity index is 1.54. The molecule has 3 aromatic carbocycles. The molecule has 1 aliphatic heterocycles. The van der Waals surface area contributed by atoms with Crippen LogP contribution in [0.25, 0.3) is 28.2 Å². The zero-order valence-electron chi connectivity index (χ0n) is 24.3. The third-order valence-electron chi connectivity index (χ3n) is 7.53. The molecule has 0 saturated heterocycles. The van der Waals surface area contributed by atoms with Gasteiger partial charge in [0.25, 0.3) is 11.2 Å². The zero-order chi connectivity index (χ0) is 31.1. The number of hydrogen-bond acceptors (Lipinski definition) is 9. The molecule has 6 rings (SSSR count). The van der Waals surface area contributed by atoms with Crippen molar-refractivity contribution in [2.45, 2.75) is 26.8 Å². The number of carbonyl (C=O) groups excluding carboxylic acids is 1. The summed E-state index contributed by atoms with van der Waals surface area (Å²) in [5.41, 5.74) is 2.05. The molecule has 222 valence electrons. The second-order valence-electron chi connectivity index (χ2n) is 10.2. The Bertz CT molecular complexity index is 2190. The van der Waals surface area contributed by atoms with Crippen molar-refractivity contribution < 1.29 is 23.6 Å². The number of nitro groups is 1. The summed E-state index contributed by atoms with van der Waals surface area (Å²) in [6.45, 7) is 5.28. The number of benzene rings is 3. The van der Waals surface area contributed by atoms with Crippen molar-refractivity contribution in [2.75, 3.05) is 13.7 Å². The summed E-state index contributed by atoms with van der Waals surface area (Å²) in [6.07, 6.45) is 1.61. The lowest BCUT2D eigenvalue weighted by molar-refractivity contribution is -0.385. The van der Waals surface area contributed by atoms with Gasteiger partial charge in [-0.1, -0.05) is 53.8 Å². The maximum atomic E-state index is 14.2. The second kappa shape index (κ2) is 11.4. The topological polar surface area (TPSA) is 126 Å². The number of esters is 1. The summed E-state index contributed by atoms with van der Waals surface area (Å²) in [6, 6.07) is 18.9. The molecule has 1 atom stereocenters. The standard InChI is InChI=1S/C33H27N3O7S/c1-5-42-32(38)28-19(3)34-33-35(30(28)29-23-9-7-6-8-20(23)12-14-26(29)41-4)31(37)27(44-33)17-22-13-15-25(43-22)21-11-10-18(2)24(16-21)36(39)40/h6-17,30H,5H2,1-4H3/b27-17+/t30-/m0/s1. The molecule has 0 saturated carbocycles. The molecule has 0 bridgehead atoms. The van der Waals surface area contributed by atoms with Crippen LogP contribution in [0.15, 0.2) is 92.2 Å². The van der Waals surface area contributed by atoms with E-state index < -0.39 is 16.9 Å². The van der Waals surface area contributed by atoms with Crippen LogP contribution in [0.2, 0.25) is 0 Å². The number of thiazole rings is 1. The summed E-state index contributed by atoms with van der Waals surface area (Å²) in [7, 11) is 1.55. The predicted octanol–water partition coefficient (Wildman–Crippen LogP) is 5.44. The number of nitrogens with zero attached hydrogens (tertiary/aromatic N) is 3. The predicted molar refractivity (Wildman–Crippen MR) is 166 cm³/mol. The van der Waals surface area contributed by atoms with Crippen LogP contribution in [0.3, 0.4) is 0 Å². The summed E-state index contributed by atoms with van der Waals surface area (Å²) in [5.74, 6) is 0.758. The molecular formula is C33H27N3O7S. The van der Waals surface area contributed by atoms with Crippen molar-refractivity contribution in [1.29, 1.82) is 0 Å². The van der Waals surface area contributed by atoms with E-state index in [9.17, 15) is 19.7 Å². The van der Waals surface area contributed by atoms with E-state index in [1.807, 2.05) is 36.4 Å². The fraction of sp³-hybridized carbons (Fsp3) is 0.182. The zero-order valence-corrected chi connectivity index (χ0v) is 25.1. The normalized spacial score (nSPS) is 14.8. The average molecular weight is 610 g/mol. The molecule has 0 N–H and O–H groups in total. The number of methoxy groups -OCH3 is 1. The quantitative estimate of drug-likeness (QED) is 0.137. The number of carbonyl (C=O) groups is 1. The van der Waals surface area contributed by atoms with Crippen LogP contribution < -0.4 is 19.6 Å². The molecule has 3 heterocycles. The van der Waals surface area contributed by atoms with Gasteiger partial charge in [0.2, 0.25) is 0 Å². The highest BCUT2D eigenvalue weighted by Gasteiger charge is 2.36. The highest BCUT2D eigenvalue weighted by molar-refractivity contribution is 7.07. The Kier molecular flexibility index (Phi) is 7.48. The van der Waals surface area contributed by atoms with Crippen LogP contribution in [0.5, 0.6) is 5.75 Å². The van der Waals surface area contributed by atoms with Gasteiger partial charge in [-0.05, 0) is 49.7 Å². The van der Waals surface area contributed by atoms with Gasteiger partial charge in [0.1, 0.15) is 23.3 Å². The van der Waals surface area contributed by atoms with Crippen molar-refractivity contribution in [1.82, 2.24) is 4.57 Å². The largest absolute Gasteiger partial charge is 0.496 e. The van der Waals surface area contributed by atoms with Crippen molar-refractivity contribution >= 4 is 39.8 Å². The van der Waals surface area contributed by atoms with E-state index in [4.69, 9.17) is 13.9 Å². The number of furan rings is 1. The summed E-state index contributed by atoms with van der Waals surface area (Å²) >= 11 is 1.17. The van der Waals surface area contributed by atoms with E-state index in [1.165, 1.54) is 22.0 Å². The number of hydrogen-bond donors (Lipinski definition) is 0. The van der Waals surface area contributed by atoms with Crippen LogP contribution in [0.1, 0.15) is 36.8 Å². The van der Waals surface area contributed by atoms with Crippen molar-refractivity contribution in [3.63, 3.8) is 0 Å². The van der Waals surface area contributed by atoms with E-state index in [-0.39, 0.29) is 23.4 Å². The molecule has 10 nitrogen and oxygen atoms in total. The lowest BCUT2D eigenvalue weighted by Gasteiger charge is -2.27. The van der Waals surface area contributed by atoms with E-state index >= 15 is 0 Å². The first kappa shape index (κ1) is 28.8. The molecule has 0 unspecified atom stereocenters. The van der Waals surface area contributed by atoms with Crippen LogP contribution in [-0.4, -0.2) is 29.2 Å². The summed E-state index contributed by atoms with van der Waals surface area (Å²) in [4.78, 5) is 43.6. The van der Waals surface area contributed by atoms with E-state index in [0.29, 0.717) is 49.0 Å². The van der Waals surface area contributed by atoms with Gasteiger partial charge in [0, 0.05) is 28.8 Å². The first-order valence-electron chi connectivity index (χ1n) is 13.8. The molecule has 0 amide bonds. The second-order valence-corrected chi connectivity index (χ2v) is 11.2. The Labute approximate surface area is 255 Å². The Hall–Kier alpha value is -5.29. The monoisotopic (exact) mass is 609 g/mol. The number of allylic oxidation sites excluding steroid dienone is 1. The van der Waals surface area contributed by atoms with Gasteiger partial charge < -0.3 is 13.9 Å². The number of aromatic nitrogens is 1. The molecule has 0 fully saturated rings. The third kappa shape index (κ3) is 4.90. The van der Waals surface area contributed by atoms with E-state index in [0.717, 1.165) is 10.8 Å². The molecule has 0 aliphatic carbocycles. The first-order valence-corrected chi connectivity index (χ1v) is 14.6. The number of nitro benzene ring substituents is 1. The highest BCUT2D eigenvalue weighted by atomic mass is 32.1. The van der Waals surface area contributed by atoms with E-state index in [2.05, 4.69) is 4.99 Å². The average Bonchev–Trinajstić information content (AvgIpc) is 3.60. The highest BCUT2D eigenvalue weighted by Crippen LogP contribution is 2.40. The molecule has 5 aromatic rings. The van der Waals surface area contributed by atoms with Crippen molar-refractivity contribution in [3.8, 4) is 17.1 Å². The maximum Gasteiger partial charge on any atom is 0.338 e. The fourth-order valence-corrected chi connectivity index (χ4v) is 6.50. The fourth-order valence-electron chi connectivity index (χ4n) is 5.47. The molecule has 2 aromatic heterocycles. The van der Waals surface area contributed by atoms with Crippen LogP contribution in [-0.2, 0) is 9.53 Å². The number of ether oxygens (including phenoxy) is 2. The number of fused-ring (bicyclic) bond motifs is 2. The Morgan fingerprint density at radius 3 is 2.68 bits per heavy atom. The molecular weight excluding hydrogens is 582 g/mol. The van der Waals surface area contributed by atoms with Crippen molar-refractivity contribution in [3.05, 3.63) is 125 Å². The molecule has 1 aliphatic rings. The van der Waals surface area contributed by atoms with Gasteiger partial charge in [-0.15, -0.1) is 0 Å². The van der Waals surface area contributed by atoms with Crippen LogP contribution >= 0.6 is 11.3 Å². The lowest BCUT2D eigenvalue weighted by atomic mass is 9.90. The SMILES string of the molecule is CCOC(=O)C1=C(C)N=c2s/c(=C/c3ccc(-c4ccc(C)c([N+](=O)[O-])c4)o3)c(=O)n2[C@@H]1c1c(OC)ccc2ccccc12. The Morgan fingerprint density at radius 1 is 1.14 bits per heavy atom. The minimum atomic E-state index is -0.867. The summed E-state index contributed by atoms with van der Waals surface area (Å²) < 4.78 is 19.1. The van der Waals surface area contributed by atoms with Gasteiger partial charge in [-0.2, -0.15) is 0 Å². The van der Waals surface area contributed by atoms with Gasteiger partial charge >= 0.3 is 5.97 Å². The lowest BCUT2D eigenvalue weighted by Crippen LogP contribution is -2.40. The van der Waals surface area contributed by atoms with Gasteiger partial charge in [0.15, 0.2) is 4.80 Å². The molecule has 0 spiro atoms.